The van der Waals surface area contributed by atoms with Gasteiger partial charge in [-0.1, -0.05) is 23.8 Å². The van der Waals surface area contributed by atoms with E-state index in [4.69, 9.17) is 0 Å². The van der Waals surface area contributed by atoms with Crippen LogP contribution in [0.3, 0.4) is 0 Å². The minimum Gasteiger partial charge on any atom is -0.348 e. The topological polar surface area (TPSA) is 76.9 Å². The lowest BCUT2D eigenvalue weighted by atomic mass is 10.0. The Bertz CT molecular complexity index is 1050. The lowest BCUT2D eigenvalue weighted by molar-refractivity contribution is -0.122. The van der Waals surface area contributed by atoms with Crippen LogP contribution in [0.25, 0.3) is 10.2 Å². The van der Waals surface area contributed by atoms with Crippen molar-refractivity contribution < 1.29 is 4.79 Å². The van der Waals surface area contributed by atoms with Crippen LogP contribution in [0.15, 0.2) is 23.0 Å². The molecule has 2 aromatic heterocycles. The van der Waals surface area contributed by atoms with Crippen molar-refractivity contribution in [1.29, 1.82) is 0 Å². The summed E-state index contributed by atoms with van der Waals surface area (Å²) in [5.41, 5.74) is 4.14. The third kappa shape index (κ3) is 3.53. The Morgan fingerprint density at radius 3 is 2.69 bits per heavy atom. The number of carbonyl (C=O) groups is 1. The molecule has 0 radical (unpaired) electrons. The summed E-state index contributed by atoms with van der Waals surface area (Å²) in [7, 11) is 0. The van der Waals surface area contributed by atoms with Crippen LogP contribution in [-0.4, -0.2) is 20.7 Å². The molecule has 136 valence electrons. The number of nitrogens with one attached hydrogen (secondary N) is 1. The molecule has 0 aliphatic carbocycles. The zero-order valence-electron chi connectivity index (χ0n) is 15.6. The van der Waals surface area contributed by atoms with Crippen LogP contribution in [0.5, 0.6) is 0 Å². The molecule has 0 aliphatic rings. The second-order valence-electron chi connectivity index (χ2n) is 6.61. The summed E-state index contributed by atoms with van der Waals surface area (Å²) in [6.45, 7) is 9.55. The van der Waals surface area contributed by atoms with Crippen LogP contribution in [0.4, 0.5) is 0 Å². The molecular weight excluding hydrogens is 348 g/mol. The second-order valence-corrected chi connectivity index (χ2v) is 7.81. The highest BCUT2D eigenvalue weighted by Crippen LogP contribution is 2.21. The van der Waals surface area contributed by atoms with Gasteiger partial charge in [-0.25, -0.2) is 9.67 Å². The first kappa shape index (κ1) is 18.3. The number of hydrogen-bond donors (Lipinski definition) is 1. The molecule has 6 nitrogen and oxygen atoms in total. The predicted octanol–water partition coefficient (Wildman–Crippen LogP) is 2.96. The first-order valence-corrected chi connectivity index (χ1v) is 9.29. The maximum absolute atomic E-state index is 12.5. The first-order valence-electron chi connectivity index (χ1n) is 8.47. The first-order chi connectivity index (χ1) is 12.3. The number of benzene rings is 1. The molecule has 26 heavy (non-hydrogen) atoms. The molecule has 0 bridgehead atoms. The third-order valence-electron chi connectivity index (χ3n) is 4.33. The Hall–Kier alpha value is -2.54. The molecule has 0 saturated heterocycles. The van der Waals surface area contributed by atoms with E-state index in [1.165, 1.54) is 21.6 Å². The van der Waals surface area contributed by atoms with Crippen molar-refractivity contribution in [3.8, 4) is 0 Å². The van der Waals surface area contributed by atoms with Gasteiger partial charge in [0.05, 0.1) is 21.4 Å². The molecule has 3 rings (SSSR count). The van der Waals surface area contributed by atoms with E-state index in [1.807, 2.05) is 46.8 Å². The molecule has 7 heteroatoms. The van der Waals surface area contributed by atoms with E-state index in [-0.39, 0.29) is 24.1 Å². The number of hydrogen-bond acceptors (Lipinski definition) is 5. The highest BCUT2D eigenvalue weighted by atomic mass is 32.1. The van der Waals surface area contributed by atoms with Gasteiger partial charge in [0.15, 0.2) is 5.52 Å². The average molecular weight is 370 g/mol. The fourth-order valence-electron chi connectivity index (χ4n) is 3.13. The van der Waals surface area contributed by atoms with Crippen molar-refractivity contribution in [3.05, 3.63) is 55.9 Å². The maximum Gasteiger partial charge on any atom is 0.294 e. The van der Waals surface area contributed by atoms with Crippen molar-refractivity contribution in [2.24, 2.45) is 0 Å². The second kappa shape index (κ2) is 6.99. The van der Waals surface area contributed by atoms with Gasteiger partial charge in [-0.15, -0.1) is 11.3 Å². The van der Waals surface area contributed by atoms with Gasteiger partial charge in [-0.05, 0) is 45.7 Å². The molecule has 2 heterocycles. The Morgan fingerprint density at radius 1 is 1.27 bits per heavy atom. The predicted molar refractivity (Wildman–Crippen MR) is 104 cm³/mol. The van der Waals surface area contributed by atoms with Gasteiger partial charge < -0.3 is 5.32 Å². The number of aryl methyl sites for hydroxylation is 4. The molecule has 1 N–H and O–H groups in total. The summed E-state index contributed by atoms with van der Waals surface area (Å²) >= 11 is 1.44. The van der Waals surface area contributed by atoms with Crippen molar-refractivity contribution in [1.82, 2.24) is 20.1 Å². The summed E-state index contributed by atoms with van der Waals surface area (Å²) in [6, 6.07) is 5.99. The number of fused-ring (bicyclic) bond motifs is 1. The molecule has 3 aromatic rings. The molecule has 1 atom stereocenters. The van der Waals surface area contributed by atoms with Crippen LogP contribution in [0, 0.1) is 27.7 Å². The summed E-state index contributed by atoms with van der Waals surface area (Å²) < 4.78 is 1.98. The van der Waals surface area contributed by atoms with Gasteiger partial charge in [-0.2, -0.15) is 5.10 Å². The molecule has 0 aliphatic heterocycles. The van der Waals surface area contributed by atoms with Crippen molar-refractivity contribution in [2.45, 2.75) is 47.2 Å². The van der Waals surface area contributed by atoms with Crippen LogP contribution >= 0.6 is 11.3 Å². The Labute approximate surface area is 155 Å². The zero-order chi connectivity index (χ0) is 19.0. The fourth-order valence-corrected chi connectivity index (χ4v) is 3.98. The summed E-state index contributed by atoms with van der Waals surface area (Å²) in [5, 5.41) is 8.04. The van der Waals surface area contributed by atoms with Crippen LogP contribution in [-0.2, 0) is 11.3 Å². The van der Waals surface area contributed by atoms with Gasteiger partial charge in [0.25, 0.3) is 5.56 Å². The van der Waals surface area contributed by atoms with E-state index in [0.717, 1.165) is 20.8 Å². The smallest absolute Gasteiger partial charge is 0.294 e. The van der Waals surface area contributed by atoms with Gasteiger partial charge in [0, 0.05) is 0 Å². The van der Waals surface area contributed by atoms with E-state index in [0.29, 0.717) is 11.2 Å². The molecule has 0 saturated carbocycles. The normalized spacial score (nSPS) is 12.3. The summed E-state index contributed by atoms with van der Waals surface area (Å²) in [5.74, 6) is -0.252. The minimum atomic E-state index is -0.329. The van der Waals surface area contributed by atoms with Gasteiger partial charge >= 0.3 is 0 Å². The quantitative estimate of drug-likeness (QED) is 0.766. The number of rotatable bonds is 4. The average Bonchev–Trinajstić information content (AvgIpc) is 2.94. The maximum atomic E-state index is 12.5. The summed E-state index contributed by atoms with van der Waals surface area (Å²) in [4.78, 5) is 29.3. The van der Waals surface area contributed by atoms with Gasteiger partial charge in [0.1, 0.15) is 6.54 Å². The van der Waals surface area contributed by atoms with Crippen molar-refractivity contribution in [3.63, 3.8) is 0 Å². The zero-order valence-corrected chi connectivity index (χ0v) is 16.4. The van der Waals surface area contributed by atoms with Gasteiger partial charge in [-0.3, -0.25) is 9.59 Å². The van der Waals surface area contributed by atoms with E-state index in [9.17, 15) is 9.59 Å². The van der Waals surface area contributed by atoms with E-state index < -0.39 is 0 Å². The van der Waals surface area contributed by atoms with Crippen LogP contribution < -0.4 is 10.9 Å². The molecule has 1 unspecified atom stereocenters. The highest BCUT2D eigenvalue weighted by molar-refractivity contribution is 7.18. The Kier molecular flexibility index (Phi) is 4.91. The Morgan fingerprint density at radius 2 is 2.00 bits per heavy atom. The molecular formula is C19H22N4O2S. The third-order valence-corrected chi connectivity index (χ3v) is 5.41. The SMILES string of the molecule is Cc1ccc(C(C)NC(=O)Cn2nc(C)c3sc(C)nc3c2=O)c(C)c1. The van der Waals surface area contributed by atoms with Crippen molar-refractivity contribution >= 4 is 27.5 Å². The van der Waals surface area contributed by atoms with Gasteiger partial charge in [0.2, 0.25) is 5.91 Å². The lowest BCUT2D eigenvalue weighted by Crippen LogP contribution is -2.35. The molecule has 1 aromatic carbocycles. The lowest BCUT2D eigenvalue weighted by Gasteiger charge is -2.17. The number of aromatic nitrogens is 3. The number of carbonyl (C=O) groups excluding carboxylic acids is 1. The number of nitrogens with zero attached hydrogens (tertiary/aromatic N) is 3. The number of thiazole rings is 1. The monoisotopic (exact) mass is 370 g/mol. The largest absolute Gasteiger partial charge is 0.348 e. The highest BCUT2D eigenvalue weighted by Gasteiger charge is 2.16. The number of amides is 1. The molecule has 0 spiro atoms. The Balaban J connectivity index is 1.81. The minimum absolute atomic E-state index is 0.124. The fraction of sp³-hybridized carbons (Fsp3) is 0.368. The van der Waals surface area contributed by atoms with Crippen LogP contribution in [0.2, 0.25) is 0 Å². The van der Waals surface area contributed by atoms with E-state index >= 15 is 0 Å². The standard InChI is InChI=1S/C19H22N4O2S/c1-10-6-7-15(11(2)8-10)12(3)20-16(24)9-23-19(25)17-18(13(4)22-23)26-14(5)21-17/h6-8,12H,9H2,1-5H3,(H,20,24). The summed E-state index contributed by atoms with van der Waals surface area (Å²) in [6.07, 6.45) is 0. The molecule has 0 fully saturated rings. The van der Waals surface area contributed by atoms with E-state index in [1.54, 1.807) is 0 Å². The van der Waals surface area contributed by atoms with E-state index in [2.05, 4.69) is 21.5 Å². The van der Waals surface area contributed by atoms with Crippen molar-refractivity contribution in [2.75, 3.05) is 0 Å². The molecule has 1 amide bonds. The van der Waals surface area contributed by atoms with Crippen LogP contribution in [0.1, 0.15) is 40.4 Å².